The summed E-state index contributed by atoms with van der Waals surface area (Å²) in [5.41, 5.74) is 2.10. The molecule has 0 saturated heterocycles. The lowest BCUT2D eigenvalue weighted by atomic mass is 10.1. The van der Waals surface area contributed by atoms with Crippen LogP contribution in [0.5, 0.6) is 0 Å². The van der Waals surface area contributed by atoms with E-state index in [1.807, 2.05) is 31.2 Å². The first-order valence-electron chi connectivity index (χ1n) is 8.07. The summed E-state index contributed by atoms with van der Waals surface area (Å²) in [5, 5.41) is 11.7. The first-order chi connectivity index (χ1) is 11.5. The van der Waals surface area contributed by atoms with E-state index in [9.17, 15) is 9.59 Å². The number of aliphatic carboxylic acids is 1. The lowest BCUT2D eigenvalue weighted by molar-refractivity contribution is -0.142. The topological polar surface area (TPSA) is 92.4 Å². The number of aromatic nitrogens is 1. The Morgan fingerprint density at radius 1 is 1.33 bits per heavy atom. The van der Waals surface area contributed by atoms with E-state index in [-0.39, 0.29) is 18.2 Å². The highest BCUT2D eigenvalue weighted by atomic mass is 16.4. The summed E-state index contributed by atoms with van der Waals surface area (Å²) >= 11 is 0. The van der Waals surface area contributed by atoms with Crippen LogP contribution in [0.2, 0.25) is 0 Å². The van der Waals surface area contributed by atoms with Crippen LogP contribution in [0.25, 0.3) is 11.3 Å². The Bertz CT molecular complexity index is 732. The minimum Gasteiger partial charge on any atom is -0.480 e. The molecule has 1 aliphatic rings. The Hall–Kier alpha value is -2.63. The summed E-state index contributed by atoms with van der Waals surface area (Å²) in [6.07, 6.45) is 3.86. The van der Waals surface area contributed by atoms with Crippen molar-refractivity contribution in [1.82, 2.24) is 10.3 Å². The Labute approximate surface area is 139 Å². The van der Waals surface area contributed by atoms with Crippen LogP contribution >= 0.6 is 0 Å². The quantitative estimate of drug-likeness (QED) is 0.815. The first kappa shape index (κ1) is 16.2. The molecule has 1 fully saturated rings. The van der Waals surface area contributed by atoms with Gasteiger partial charge < -0.3 is 14.8 Å². The Morgan fingerprint density at radius 2 is 2.04 bits per heavy atom. The number of carboxylic acid groups (broad SMARTS) is 1. The second kappa shape index (κ2) is 6.86. The second-order valence-electron chi connectivity index (χ2n) is 6.21. The van der Waals surface area contributed by atoms with Gasteiger partial charge in [0.1, 0.15) is 6.04 Å². The monoisotopic (exact) mass is 328 g/mol. The molecule has 1 amide bonds. The number of aryl methyl sites for hydroxylation is 2. The van der Waals surface area contributed by atoms with Crippen molar-refractivity contribution < 1.29 is 19.1 Å². The number of oxazole rings is 1. The van der Waals surface area contributed by atoms with Crippen LogP contribution in [-0.4, -0.2) is 28.0 Å². The molecule has 1 unspecified atom stereocenters. The molecular formula is C18H20N2O4. The number of carboxylic acids is 1. The fourth-order valence-electron chi connectivity index (χ4n) is 2.55. The highest BCUT2D eigenvalue weighted by Crippen LogP contribution is 2.32. The minimum atomic E-state index is -0.969. The van der Waals surface area contributed by atoms with Gasteiger partial charge in [0.25, 0.3) is 0 Å². The van der Waals surface area contributed by atoms with E-state index in [2.05, 4.69) is 10.3 Å². The molecule has 1 atom stereocenters. The van der Waals surface area contributed by atoms with Crippen molar-refractivity contribution in [1.29, 1.82) is 0 Å². The number of hydrogen-bond donors (Lipinski definition) is 2. The van der Waals surface area contributed by atoms with Crippen molar-refractivity contribution >= 4 is 11.9 Å². The van der Waals surface area contributed by atoms with Gasteiger partial charge in [-0.3, -0.25) is 4.79 Å². The molecule has 6 nitrogen and oxygen atoms in total. The highest BCUT2D eigenvalue weighted by molar-refractivity contribution is 5.84. The molecule has 126 valence electrons. The number of benzene rings is 1. The van der Waals surface area contributed by atoms with E-state index in [1.54, 1.807) is 6.20 Å². The van der Waals surface area contributed by atoms with Crippen molar-refractivity contribution in [3.63, 3.8) is 0 Å². The van der Waals surface area contributed by atoms with Gasteiger partial charge in [-0.2, -0.15) is 0 Å². The molecule has 0 bridgehead atoms. The lowest BCUT2D eigenvalue weighted by Gasteiger charge is -2.12. The van der Waals surface area contributed by atoms with E-state index >= 15 is 0 Å². The fraction of sp³-hybridized carbons (Fsp3) is 0.389. The Balaban J connectivity index is 1.54. The molecule has 1 saturated carbocycles. The maximum absolute atomic E-state index is 11.9. The van der Waals surface area contributed by atoms with Crippen molar-refractivity contribution in [2.45, 2.75) is 38.6 Å². The van der Waals surface area contributed by atoms with Crippen molar-refractivity contribution in [3.05, 3.63) is 41.9 Å². The van der Waals surface area contributed by atoms with Gasteiger partial charge in [0, 0.05) is 18.4 Å². The summed E-state index contributed by atoms with van der Waals surface area (Å²) in [4.78, 5) is 27.2. The zero-order valence-corrected chi connectivity index (χ0v) is 13.5. The van der Waals surface area contributed by atoms with Gasteiger partial charge in [-0.05, 0) is 25.7 Å². The van der Waals surface area contributed by atoms with Crippen LogP contribution in [0, 0.1) is 12.8 Å². The number of nitrogens with one attached hydrogen (secondary N) is 1. The van der Waals surface area contributed by atoms with Gasteiger partial charge in [0.05, 0.1) is 6.20 Å². The molecule has 1 aliphatic carbocycles. The van der Waals surface area contributed by atoms with Gasteiger partial charge in [-0.15, -0.1) is 0 Å². The minimum absolute atomic E-state index is 0.0707. The third kappa shape index (κ3) is 4.01. The fourth-order valence-corrected chi connectivity index (χ4v) is 2.55. The van der Waals surface area contributed by atoms with Gasteiger partial charge >= 0.3 is 5.97 Å². The molecular weight excluding hydrogens is 308 g/mol. The Kier molecular flexibility index (Phi) is 4.64. The predicted molar refractivity (Wildman–Crippen MR) is 87.3 cm³/mol. The van der Waals surface area contributed by atoms with Crippen LogP contribution in [0.15, 0.2) is 34.9 Å². The third-order valence-electron chi connectivity index (χ3n) is 4.13. The van der Waals surface area contributed by atoms with E-state index in [0.29, 0.717) is 18.1 Å². The number of hydrogen-bond acceptors (Lipinski definition) is 4. The Morgan fingerprint density at radius 3 is 2.67 bits per heavy atom. The number of amides is 1. The van der Waals surface area contributed by atoms with Gasteiger partial charge in [0.2, 0.25) is 5.91 Å². The lowest BCUT2D eigenvalue weighted by Crippen LogP contribution is -2.42. The average Bonchev–Trinajstić information content (AvgIpc) is 3.28. The SMILES string of the molecule is Cc1ccc(-c2cnc(CCC(=O)NC(C(=O)O)C3CC3)o2)cc1. The molecule has 6 heteroatoms. The predicted octanol–water partition coefficient (Wildman–Crippen LogP) is 2.56. The number of carbonyl (C=O) groups excluding carboxylic acids is 1. The third-order valence-corrected chi connectivity index (χ3v) is 4.13. The largest absolute Gasteiger partial charge is 0.480 e. The van der Waals surface area contributed by atoms with Crippen LogP contribution in [0.1, 0.15) is 30.7 Å². The summed E-state index contributed by atoms with van der Waals surface area (Å²) in [7, 11) is 0. The van der Waals surface area contributed by atoms with Gasteiger partial charge in [0.15, 0.2) is 11.7 Å². The zero-order chi connectivity index (χ0) is 17.1. The van der Waals surface area contributed by atoms with Crippen molar-refractivity contribution in [2.75, 3.05) is 0 Å². The summed E-state index contributed by atoms with van der Waals surface area (Å²) in [6.45, 7) is 2.01. The standard InChI is InChI=1S/C18H20N2O4/c1-11-2-4-12(5-3-11)14-10-19-16(24-14)9-8-15(21)20-17(18(22)23)13-6-7-13/h2-5,10,13,17H,6-9H2,1H3,(H,20,21)(H,22,23). The first-order valence-corrected chi connectivity index (χ1v) is 8.07. The van der Waals surface area contributed by atoms with E-state index in [1.165, 1.54) is 5.56 Å². The van der Waals surface area contributed by atoms with E-state index in [0.717, 1.165) is 18.4 Å². The second-order valence-corrected chi connectivity index (χ2v) is 6.21. The molecule has 1 heterocycles. The van der Waals surface area contributed by atoms with Crippen LogP contribution in [0.3, 0.4) is 0 Å². The van der Waals surface area contributed by atoms with Crippen LogP contribution in [-0.2, 0) is 16.0 Å². The van der Waals surface area contributed by atoms with E-state index in [4.69, 9.17) is 9.52 Å². The number of nitrogens with zero attached hydrogens (tertiary/aromatic N) is 1. The van der Waals surface area contributed by atoms with Crippen LogP contribution < -0.4 is 5.32 Å². The molecule has 0 spiro atoms. The van der Waals surface area contributed by atoms with Gasteiger partial charge in [-0.25, -0.2) is 9.78 Å². The number of carbonyl (C=O) groups is 2. The highest BCUT2D eigenvalue weighted by Gasteiger charge is 2.37. The normalized spacial score (nSPS) is 15.0. The smallest absolute Gasteiger partial charge is 0.326 e. The molecule has 3 rings (SSSR count). The summed E-state index contributed by atoms with van der Waals surface area (Å²) in [6, 6.07) is 7.13. The molecule has 0 radical (unpaired) electrons. The molecule has 2 N–H and O–H groups in total. The van der Waals surface area contributed by atoms with Gasteiger partial charge in [-0.1, -0.05) is 29.8 Å². The molecule has 24 heavy (non-hydrogen) atoms. The maximum atomic E-state index is 11.9. The van der Waals surface area contributed by atoms with Crippen molar-refractivity contribution in [3.8, 4) is 11.3 Å². The molecule has 2 aromatic rings. The molecule has 1 aromatic carbocycles. The summed E-state index contributed by atoms with van der Waals surface area (Å²) in [5.74, 6) is -0.0554. The van der Waals surface area contributed by atoms with Crippen LogP contribution in [0.4, 0.5) is 0 Å². The maximum Gasteiger partial charge on any atom is 0.326 e. The average molecular weight is 328 g/mol. The number of rotatable bonds is 7. The zero-order valence-electron chi connectivity index (χ0n) is 13.5. The van der Waals surface area contributed by atoms with E-state index < -0.39 is 12.0 Å². The molecule has 1 aromatic heterocycles. The molecule has 0 aliphatic heterocycles. The van der Waals surface area contributed by atoms with Crippen molar-refractivity contribution in [2.24, 2.45) is 5.92 Å². The summed E-state index contributed by atoms with van der Waals surface area (Å²) < 4.78 is 5.66.